The minimum absolute atomic E-state index is 0.749. The van der Waals surface area contributed by atoms with Crippen LogP contribution in [0.2, 0.25) is 0 Å². The number of likely N-dealkylation sites (N-methyl/N-ethyl adjacent to an activating group) is 1. The molecule has 0 radical (unpaired) electrons. The van der Waals surface area contributed by atoms with Crippen molar-refractivity contribution in [3.63, 3.8) is 0 Å². The molecular weight excluding hydrogens is 200 g/mol. The molecule has 4 nitrogen and oxygen atoms in total. The molecular formula is C12H14N4. The van der Waals surface area contributed by atoms with Crippen molar-refractivity contribution in [1.82, 2.24) is 15.0 Å². The summed E-state index contributed by atoms with van der Waals surface area (Å²) in [5, 5.41) is 0. The van der Waals surface area contributed by atoms with Gasteiger partial charge in [0.05, 0.1) is 0 Å². The van der Waals surface area contributed by atoms with Gasteiger partial charge < -0.3 is 4.90 Å². The largest absolute Gasteiger partial charge is 0.343 e. The third-order valence-electron chi connectivity index (χ3n) is 2.32. The average Bonchev–Trinajstić information content (AvgIpc) is 2.38. The zero-order valence-corrected chi connectivity index (χ0v) is 9.24. The van der Waals surface area contributed by atoms with Crippen LogP contribution in [0.25, 0.3) is 0 Å². The van der Waals surface area contributed by atoms with E-state index < -0.39 is 0 Å². The number of hydrogen-bond donors (Lipinski definition) is 0. The smallest absolute Gasteiger partial charge is 0.224 e. The van der Waals surface area contributed by atoms with Gasteiger partial charge in [-0.15, -0.1) is 0 Å². The van der Waals surface area contributed by atoms with Crippen molar-refractivity contribution in [3.05, 3.63) is 48.5 Å². The molecule has 0 aliphatic rings. The molecule has 0 bridgehead atoms. The summed E-state index contributed by atoms with van der Waals surface area (Å²) in [5.41, 5.74) is 1.09. The fourth-order valence-corrected chi connectivity index (χ4v) is 1.42. The molecule has 16 heavy (non-hydrogen) atoms. The molecule has 2 aromatic heterocycles. The molecule has 0 fully saturated rings. The van der Waals surface area contributed by atoms with Crippen molar-refractivity contribution in [2.45, 2.75) is 6.42 Å². The topological polar surface area (TPSA) is 41.9 Å². The molecule has 0 spiro atoms. The van der Waals surface area contributed by atoms with Crippen LogP contribution in [0.1, 0.15) is 5.69 Å². The van der Waals surface area contributed by atoms with Gasteiger partial charge >= 0.3 is 0 Å². The predicted octanol–water partition coefficient (Wildman–Crippen LogP) is 1.55. The van der Waals surface area contributed by atoms with E-state index in [2.05, 4.69) is 15.0 Å². The summed E-state index contributed by atoms with van der Waals surface area (Å²) in [6.07, 6.45) is 6.21. The quantitative estimate of drug-likeness (QED) is 0.774. The van der Waals surface area contributed by atoms with Gasteiger partial charge in [0.15, 0.2) is 0 Å². The lowest BCUT2D eigenvalue weighted by Crippen LogP contribution is -2.22. The first-order chi connectivity index (χ1) is 7.86. The van der Waals surface area contributed by atoms with Crippen molar-refractivity contribution in [2.24, 2.45) is 0 Å². The Bertz CT molecular complexity index is 416. The Morgan fingerprint density at radius 2 is 1.75 bits per heavy atom. The Morgan fingerprint density at radius 1 is 1.00 bits per heavy atom. The summed E-state index contributed by atoms with van der Waals surface area (Å²) in [5.74, 6) is 0.749. The maximum absolute atomic E-state index is 4.28. The lowest BCUT2D eigenvalue weighted by molar-refractivity contribution is 0.821. The van der Waals surface area contributed by atoms with E-state index in [-0.39, 0.29) is 0 Å². The molecule has 2 heterocycles. The second kappa shape index (κ2) is 5.21. The second-order valence-electron chi connectivity index (χ2n) is 3.54. The molecule has 0 saturated carbocycles. The van der Waals surface area contributed by atoms with E-state index in [4.69, 9.17) is 0 Å². The highest BCUT2D eigenvalue weighted by molar-refractivity contribution is 5.26. The third-order valence-corrected chi connectivity index (χ3v) is 2.32. The lowest BCUT2D eigenvalue weighted by Gasteiger charge is -2.15. The number of hydrogen-bond acceptors (Lipinski definition) is 4. The van der Waals surface area contributed by atoms with Crippen LogP contribution in [0.3, 0.4) is 0 Å². The van der Waals surface area contributed by atoms with Crippen LogP contribution in [0, 0.1) is 0 Å². The summed E-state index contributed by atoms with van der Waals surface area (Å²) in [6.45, 7) is 0.862. The Hall–Kier alpha value is -1.97. The maximum Gasteiger partial charge on any atom is 0.224 e. The van der Waals surface area contributed by atoms with E-state index in [1.54, 1.807) is 12.4 Å². The first-order valence-electron chi connectivity index (χ1n) is 5.24. The number of rotatable bonds is 4. The van der Waals surface area contributed by atoms with Gasteiger partial charge in [0.2, 0.25) is 5.95 Å². The maximum atomic E-state index is 4.28. The molecule has 82 valence electrons. The van der Waals surface area contributed by atoms with Crippen molar-refractivity contribution < 1.29 is 0 Å². The third kappa shape index (κ3) is 2.76. The Labute approximate surface area is 95.0 Å². The lowest BCUT2D eigenvalue weighted by atomic mass is 10.2. The zero-order chi connectivity index (χ0) is 11.2. The van der Waals surface area contributed by atoms with E-state index in [1.807, 2.05) is 42.4 Å². The molecule has 0 aliphatic heterocycles. The number of pyridine rings is 1. The van der Waals surface area contributed by atoms with Crippen molar-refractivity contribution >= 4 is 5.95 Å². The first kappa shape index (κ1) is 10.5. The molecule has 2 aromatic rings. The number of anilines is 1. The van der Waals surface area contributed by atoms with Gasteiger partial charge in [0.1, 0.15) is 0 Å². The van der Waals surface area contributed by atoms with Crippen LogP contribution in [0.4, 0.5) is 5.95 Å². The van der Waals surface area contributed by atoms with Crippen LogP contribution in [-0.4, -0.2) is 28.5 Å². The van der Waals surface area contributed by atoms with Gasteiger partial charge in [-0.1, -0.05) is 6.07 Å². The minimum atomic E-state index is 0.749. The van der Waals surface area contributed by atoms with E-state index in [9.17, 15) is 0 Å². The molecule has 0 atom stereocenters. The van der Waals surface area contributed by atoms with Crippen LogP contribution < -0.4 is 4.90 Å². The van der Waals surface area contributed by atoms with Crippen molar-refractivity contribution in [2.75, 3.05) is 18.5 Å². The number of aromatic nitrogens is 3. The van der Waals surface area contributed by atoms with Crippen LogP contribution >= 0.6 is 0 Å². The molecule has 0 saturated heterocycles. The SMILES string of the molecule is CN(CCc1ccccn1)c1ncccn1. The standard InChI is InChI=1S/C12H14N4/c1-16(12-14-8-4-9-15-12)10-6-11-5-2-3-7-13-11/h2-5,7-9H,6,10H2,1H3. The summed E-state index contributed by atoms with van der Waals surface area (Å²) in [4.78, 5) is 14.7. The predicted molar refractivity (Wildman–Crippen MR) is 63.2 cm³/mol. The van der Waals surface area contributed by atoms with Gasteiger partial charge in [0, 0.05) is 44.3 Å². The molecule has 0 aliphatic carbocycles. The summed E-state index contributed by atoms with van der Waals surface area (Å²) >= 11 is 0. The first-order valence-corrected chi connectivity index (χ1v) is 5.24. The fraction of sp³-hybridized carbons (Fsp3) is 0.250. The summed E-state index contributed by atoms with van der Waals surface area (Å²) in [6, 6.07) is 7.77. The highest BCUT2D eigenvalue weighted by Gasteiger charge is 2.03. The zero-order valence-electron chi connectivity index (χ0n) is 9.24. The Morgan fingerprint density at radius 3 is 2.44 bits per heavy atom. The minimum Gasteiger partial charge on any atom is -0.343 e. The Kier molecular flexibility index (Phi) is 3.43. The molecule has 0 amide bonds. The van der Waals surface area contributed by atoms with E-state index >= 15 is 0 Å². The second-order valence-corrected chi connectivity index (χ2v) is 3.54. The van der Waals surface area contributed by atoms with Crippen molar-refractivity contribution in [3.8, 4) is 0 Å². The van der Waals surface area contributed by atoms with Crippen LogP contribution in [-0.2, 0) is 6.42 Å². The number of nitrogens with zero attached hydrogens (tertiary/aromatic N) is 4. The average molecular weight is 214 g/mol. The van der Waals surface area contributed by atoms with E-state index in [0.29, 0.717) is 0 Å². The van der Waals surface area contributed by atoms with Crippen molar-refractivity contribution in [1.29, 1.82) is 0 Å². The highest BCUT2D eigenvalue weighted by atomic mass is 15.2. The molecule has 0 N–H and O–H groups in total. The van der Waals surface area contributed by atoms with Gasteiger partial charge in [-0.05, 0) is 18.2 Å². The van der Waals surface area contributed by atoms with E-state index in [0.717, 1.165) is 24.6 Å². The summed E-state index contributed by atoms with van der Waals surface area (Å²) in [7, 11) is 1.98. The molecule has 0 aromatic carbocycles. The Balaban J connectivity index is 1.92. The molecule has 4 heteroatoms. The highest BCUT2D eigenvalue weighted by Crippen LogP contribution is 2.03. The van der Waals surface area contributed by atoms with Gasteiger partial charge in [-0.25, -0.2) is 9.97 Å². The molecule has 0 unspecified atom stereocenters. The van der Waals surface area contributed by atoms with Gasteiger partial charge in [-0.3, -0.25) is 4.98 Å². The normalized spacial score (nSPS) is 10.1. The summed E-state index contributed by atoms with van der Waals surface area (Å²) < 4.78 is 0. The van der Waals surface area contributed by atoms with Gasteiger partial charge in [-0.2, -0.15) is 0 Å². The van der Waals surface area contributed by atoms with Gasteiger partial charge in [0.25, 0.3) is 0 Å². The monoisotopic (exact) mass is 214 g/mol. The van der Waals surface area contributed by atoms with Crippen LogP contribution in [0.15, 0.2) is 42.9 Å². The fourth-order valence-electron chi connectivity index (χ4n) is 1.42. The van der Waals surface area contributed by atoms with Crippen LogP contribution in [0.5, 0.6) is 0 Å². The molecule has 2 rings (SSSR count). The van der Waals surface area contributed by atoms with E-state index in [1.165, 1.54) is 0 Å².